The second kappa shape index (κ2) is 15.0. The molecule has 0 aromatic heterocycles. The van der Waals surface area contributed by atoms with E-state index in [4.69, 9.17) is 0 Å². The fraction of sp³-hybridized carbons (Fsp3) is 0.333. The molecule has 0 nitrogen and oxygen atoms in total. The summed E-state index contributed by atoms with van der Waals surface area (Å²) < 4.78 is 0. The van der Waals surface area contributed by atoms with E-state index in [0.717, 1.165) is 0 Å². The average Bonchev–Trinajstić information content (AvgIpc) is 4.15. The summed E-state index contributed by atoms with van der Waals surface area (Å²) in [6.45, 7) is 29.6. The van der Waals surface area contributed by atoms with Crippen molar-refractivity contribution in [2.75, 3.05) is 24.6 Å². The monoisotopic (exact) mass is 908 g/mol. The van der Waals surface area contributed by atoms with Crippen LogP contribution in [0.25, 0.3) is 21.8 Å². The van der Waals surface area contributed by atoms with E-state index in [1.165, 1.54) is 46.9 Å². The van der Waals surface area contributed by atoms with E-state index >= 15 is 0 Å². The largest absolute Gasteiger partial charge is 0.0622 e. The molecule has 0 fully saturated rings. The van der Waals surface area contributed by atoms with Crippen LogP contribution in [-0.4, -0.2) is 24.6 Å². The molecular formula is C60H64P4. The predicted molar refractivity (Wildman–Crippen MR) is 287 cm³/mol. The number of rotatable bonds is 6. The van der Waals surface area contributed by atoms with Gasteiger partial charge in [0.2, 0.25) is 0 Å². The van der Waals surface area contributed by atoms with Crippen molar-refractivity contribution < 1.29 is 0 Å². The van der Waals surface area contributed by atoms with Crippen molar-refractivity contribution in [3.05, 3.63) is 209 Å². The summed E-state index contributed by atoms with van der Waals surface area (Å²) >= 11 is 0. The van der Waals surface area contributed by atoms with Crippen LogP contribution in [0.1, 0.15) is 105 Å². The molecule has 4 aromatic rings. The van der Waals surface area contributed by atoms with Gasteiger partial charge in [-0.2, -0.15) is 0 Å². The fourth-order valence-corrected chi connectivity index (χ4v) is 29.4. The molecule has 0 saturated heterocycles. The third-order valence-corrected chi connectivity index (χ3v) is 30.9. The summed E-state index contributed by atoms with van der Waals surface area (Å²) in [7, 11) is -0.974. The van der Waals surface area contributed by atoms with Gasteiger partial charge in [0.05, 0.1) is 0 Å². The van der Waals surface area contributed by atoms with Crippen molar-refractivity contribution in [3.8, 4) is 0 Å². The summed E-state index contributed by atoms with van der Waals surface area (Å²) in [4.78, 5) is 0. The molecule has 0 amide bonds. The van der Waals surface area contributed by atoms with Gasteiger partial charge in [-0.05, 0) is 188 Å². The molecule has 8 heterocycles. The molecule has 4 heteroatoms. The van der Waals surface area contributed by atoms with Gasteiger partial charge in [0, 0.05) is 21.7 Å². The molecule has 0 spiro atoms. The third-order valence-electron chi connectivity index (χ3n) is 18.0. The lowest BCUT2D eigenvalue weighted by Crippen LogP contribution is -2.19. The first-order chi connectivity index (χ1) is 30.6. The number of allylic oxidation sites excluding steroid dienone is 14. The molecule has 0 radical (unpaired) electrons. The molecule has 12 rings (SSSR count). The minimum absolute atomic E-state index is 0.146. The molecule has 0 aliphatic carbocycles. The lowest BCUT2D eigenvalue weighted by atomic mass is 9.73. The minimum atomic E-state index is -0.333. The first-order valence-electron chi connectivity index (χ1n) is 23.6. The lowest BCUT2D eigenvalue weighted by molar-refractivity contribution is 0.561. The SMILES string of the molecule is CC1=C(C)[C@@]2(C)CP1C(C1=C(C)[C@]3(C)CP1C(c1ccccc1)=C3c1ccccc1)=C2C.CC1=C(C)[C@]2(C)CP1C(C1=C(C)[C@@]3(C)CP1C(c1ccccc1)=C3c1ccccc1)=C2C. The molecule has 8 aliphatic heterocycles. The van der Waals surface area contributed by atoms with E-state index in [9.17, 15) is 0 Å². The highest BCUT2D eigenvalue weighted by atomic mass is 31.1. The van der Waals surface area contributed by atoms with E-state index in [2.05, 4.69) is 204 Å². The van der Waals surface area contributed by atoms with Crippen LogP contribution >= 0.6 is 31.7 Å². The number of fused-ring (bicyclic) bond motifs is 8. The van der Waals surface area contributed by atoms with Crippen LogP contribution in [-0.2, 0) is 0 Å². The van der Waals surface area contributed by atoms with Gasteiger partial charge < -0.3 is 0 Å². The zero-order chi connectivity index (χ0) is 44.8. The quantitative estimate of drug-likeness (QED) is 0.169. The van der Waals surface area contributed by atoms with Crippen molar-refractivity contribution in [2.24, 2.45) is 21.7 Å². The van der Waals surface area contributed by atoms with Gasteiger partial charge in [0.1, 0.15) is 0 Å². The Hall–Kier alpha value is -3.48. The second-order valence-electron chi connectivity index (χ2n) is 20.9. The fourth-order valence-electron chi connectivity index (χ4n) is 13.3. The third kappa shape index (κ3) is 5.69. The molecule has 4 aromatic carbocycles. The second-order valence-corrected chi connectivity index (χ2v) is 29.6. The molecule has 64 heavy (non-hydrogen) atoms. The summed E-state index contributed by atoms with van der Waals surface area (Å²) in [6.07, 6.45) is 5.29. The highest BCUT2D eigenvalue weighted by Crippen LogP contribution is 2.87. The highest BCUT2D eigenvalue weighted by Gasteiger charge is 2.59. The van der Waals surface area contributed by atoms with E-state index in [1.807, 2.05) is 0 Å². The molecule has 0 N–H and O–H groups in total. The number of hydrogen-bond acceptors (Lipinski definition) is 0. The highest BCUT2D eigenvalue weighted by molar-refractivity contribution is 7.78. The molecule has 324 valence electrons. The van der Waals surface area contributed by atoms with Gasteiger partial charge >= 0.3 is 0 Å². The van der Waals surface area contributed by atoms with Gasteiger partial charge in [-0.25, -0.2) is 0 Å². The summed E-state index contributed by atoms with van der Waals surface area (Å²) in [5.41, 5.74) is 19.8. The standard InChI is InChI=1S/2C30H32P2/c2*1-19-22(4)31-17-29(19,5)20(2)26(31)27-21(3)30(6)18-32(27)28(24-15-11-8-12-16-24)25(30)23-13-9-7-10-14-23/h2*7-16H,17-18H2,1-6H3/t2*29-,30+,31?,32?/m10/s1. The van der Waals surface area contributed by atoms with Crippen LogP contribution in [0.4, 0.5) is 0 Å². The van der Waals surface area contributed by atoms with Crippen LogP contribution in [0.15, 0.2) is 187 Å². The van der Waals surface area contributed by atoms with Crippen molar-refractivity contribution >= 4 is 53.5 Å². The molecule has 4 unspecified atom stereocenters. The maximum absolute atomic E-state index is 2.54. The van der Waals surface area contributed by atoms with Gasteiger partial charge in [-0.3, -0.25) is 0 Å². The maximum Gasteiger partial charge on any atom is 0.0198 e. The van der Waals surface area contributed by atoms with Gasteiger partial charge in [0.25, 0.3) is 0 Å². The molecular weight excluding hydrogens is 845 g/mol. The first kappa shape index (κ1) is 43.1. The lowest BCUT2D eigenvalue weighted by Gasteiger charge is -2.34. The topological polar surface area (TPSA) is 0 Å². The Balaban J connectivity index is 0.000000143. The Morgan fingerprint density at radius 3 is 0.828 bits per heavy atom. The number of benzene rings is 4. The Kier molecular flexibility index (Phi) is 10.1. The van der Waals surface area contributed by atoms with Gasteiger partial charge in [-0.1, -0.05) is 182 Å². The molecule has 0 saturated carbocycles. The van der Waals surface area contributed by atoms with Crippen LogP contribution in [0.5, 0.6) is 0 Å². The maximum atomic E-state index is 2.54. The van der Waals surface area contributed by atoms with Gasteiger partial charge in [-0.15, -0.1) is 0 Å². The molecule has 8 atom stereocenters. The Bertz CT molecular complexity index is 2750. The minimum Gasteiger partial charge on any atom is -0.0622 e. The van der Waals surface area contributed by atoms with Crippen LogP contribution in [0.3, 0.4) is 0 Å². The van der Waals surface area contributed by atoms with Crippen molar-refractivity contribution in [2.45, 2.75) is 83.1 Å². The Morgan fingerprint density at radius 2 is 0.531 bits per heavy atom. The van der Waals surface area contributed by atoms with Crippen molar-refractivity contribution in [1.29, 1.82) is 0 Å². The average molecular weight is 909 g/mol. The zero-order valence-electron chi connectivity index (χ0n) is 40.2. The van der Waals surface area contributed by atoms with E-state index < -0.39 is 0 Å². The first-order valence-corrected chi connectivity index (χ1v) is 29.7. The zero-order valence-corrected chi connectivity index (χ0v) is 43.7. The van der Waals surface area contributed by atoms with Crippen LogP contribution in [0, 0.1) is 21.7 Å². The molecule has 8 aliphatic rings. The Morgan fingerprint density at radius 1 is 0.281 bits per heavy atom. The molecule has 8 bridgehead atoms. The van der Waals surface area contributed by atoms with Gasteiger partial charge in [0.15, 0.2) is 0 Å². The van der Waals surface area contributed by atoms with Crippen LogP contribution in [0.2, 0.25) is 0 Å². The summed E-state index contributed by atoms with van der Waals surface area (Å²) in [5.74, 6) is 0. The normalized spacial score (nSPS) is 33.4. The van der Waals surface area contributed by atoms with Crippen molar-refractivity contribution in [3.63, 3.8) is 0 Å². The summed E-state index contributed by atoms with van der Waals surface area (Å²) in [5, 5.41) is 13.9. The number of hydrogen-bond donors (Lipinski definition) is 0. The van der Waals surface area contributed by atoms with Crippen molar-refractivity contribution in [1.82, 2.24) is 0 Å². The summed E-state index contributed by atoms with van der Waals surface area (Å²) in [6, 6.07) is 45.0. The van der Waals surface area contributed by atoms with E-state index in [1.54, 1.807) is 87.1 Å². The van der Waals surface area contributed by atoms with Crippen LogP contribution < -0.4 is 0 Å². The smallest absolute Gasteiger partial charge is 0.0198 e. The Labute approximate surface area is 389 Å². The predicted octanol–water partition coefficient (Wildman–Crippen LogP) is 18.9. The van der Waals surface area contributed by atoms with E-state index in [0.29, 0.717) is 10.8 Å². The van der Waals surface area contributed by atoms with E-state index in [-0.39, 0.29) is 42.5 Å².